The molecule has 1 aliphatic heterocycles. The minimum Gasteiger partial charge on any atom is -0.390 e. The number of nitrogens with one attached hydrogen (secondary N) is 3. The van der Waals surface area contributed by atoms with E-state index in [0.29, 0.717) is 25.0 Å². The van der Waals surface area contributed by atoms with E-state index in [0.717, 1.165) is 45.6 Å². The third-order valence-electron chi connectivity index (χ3n) is 8.24. The summed E-state index contributed by atoms with van der Waals surface area (Å²) < 4.78 is 34.1. The molecule has 1 amide bonds. The number of hydrogen-bond donors (Lipinski definition) is 4. The van der Waals surface area contributed by atoms with Crippen molar-refractivity contribution in [3.63, 3.8) is 0 Å². The number of H-pyrrole nitrogens is 1. The van der Waals surface area contributed by atoms with Crippen LogP contribution in [0.2, 0.25) is 0 Å². The Morgan fingerprint density at radius 3 is 2.60 bits per heavy atom. The molecule has 0 spiro atoms. The summed E-state index contributed by atoms with van der Waals surface area (Å²) in [6.45, 7) is 0.656. The molecule has 2 aliphatic rings. The minimum absolute atomic E-state index is 0.0876. The van der Waals surface area contributed by atoms with Crippen LogP contribution in [0.1, 0.15) is 54.5 Å². The maximum absolute atomic E-state index is 13.9. The van der Waals surface area contributed by atoms with E-state index in [1.807, 2.05) is 18.3 Å². The van der Waals surface area contributed by atoms with E-state index in [2.05, 4.69) is 58.1 Å². The molecule has 6 nitrogen and oxygen atoms in total. The van der Waals surface area contributed by atoms with Crippen molar-refractivity contribution >= 4 is 16.8 Å². The Morgan fingerprint density at radius 2 is 1.74 bits per heavy atom. The summed E-state index contributed by atoms with van der Waals surface area (Å²) in [5.41, 5.74) is 5.89. The number of fused-ring (bicyclic) bond motifs is 6. The van der Waals surface area contributed by atoms with E-state index in [-0.39, 0.29) is 37.4 Å². The van der Waals surface area contributed by atoms with Crippen molar-refractivity contribution < 1.29 is 23.4 Å². The Kier molecular flexibility index (Phi) is 8.46. The van der Waals surface area contributed by atoms with Crippen LogP contribution in [0.25, 0.3) is 22.0 Å². The fourth-order valence-electron chi connectivity index (χ4n) is 6.09. The number of aliphatic hydroxyl groups excluding tert-OH is 1. The molecule has 3 aromatic carbocycles. The maximum Gasteiger partial charge on any atom is 0.220 e. The summed E-state index contributed by atoms with van der Waals surface area (Å²) in [4.78, 5) is 16.0. The van der Waals surface area contributed by atoms with Crippen molar-refractivity contribution in [3.8, 4) is 11.1 Å². The zero-order chi connectivity index (χ0) is 29.1. The molecule has 8 heteroatoms. The molecule has 4 N–H and O–H groups in total. The number of aromatic amines is 1. The first kappa shape index (κ1) is 28.3. The molecule has 2 heterocycles. The lowest BCUT2D eigenvalue weighted by molar-refractivity contribution is -0.122. The third-order valence-corrected chi connectivity index (χ3v) is 8.24. The molecule has 0 saturated carbocycles. The molecule has 4 aromatic rings. The second-order valence-electron chi connectivity index (χ2n) is 11.2. The highest BCUT2D eigenvalue weighted by Crippen LogP contribution is 2.43. The van der Waals surface area contributed by atoms with Gasteiger partial charge in [-0.1, -0.05) is 30.4 Å². The number of benzene rings is 3. The van der Waals surface area contributed by atoms with Crippen LogP contribution >= 0.6 is 0 Å². The molecular formula is C34H35F2N3O3. The standard InChI is InChI=1S/C34H35F2N3O3/c35-25-13-21(14-26(36)18-25)15-31-32(40)20-38-30-19-33(42-12-4-2-1-3-5-34(41)39-31)27-8-6-23(17-28(27)30)22-7-9-29-24(16-22)10-11-37-29/h2,4,6-11,13-14,16-18,30-33,37-38,40H,1,3,5,12,15,19-20H2,(H,39,41)/b4-2-/t30-,31-,32+,33+/m0/s1. The van der Waals surface area contributed by atoms with Crippen LogP contribution in [-0.2, 0) is 16.0 Å². The van der Waals surface area contributed by atoms with Crippen LogP contribution in [-0.4, -0.2) is 41.3 Å². The Balaban J connectivity index is 1.27. The van der Waals surface area contributed by atoms with Gasteiger partial charge in [-0.2, -0.15) is 0 Å². The predicted molar refractivity (Wildman–Crippen MR) is 159 cm³/mol. The molecule has 1 aromatic heterocycles. The predicted octanol–water partition coefficient (Wildman–Crippen LogP) is 6.03. The fraction of sp³-hybridized carbons (Fsp3) is 0.324. The quantitative estimate of drug-likeness (QED) is 0.226. The van der Waals surface area contributed by atoms with E-state index >= 15 is 0 Å². The molecule has 0 unspecified atom stereocenters. The number of carbonyl (C=O) groups excluding carboxylic acids is 1. The third kappa shape index (κ3) is 6.46. The van der Waals surface area contributed by atoms with Crippen LogP contribution in [0.15, 0.2) is 79.0 Å². The van der Waals surface area contributed by atoms with Gasteiger partial charge >= 0.3 is 0 Å². The zero-order valence-corrected chi connectivity index (χ0v) is 23.3. The molecule has 0 saturated heterocycles. The normalized spacial score (nSPS) is 24.3. The van der Waals surface area contributed by atoms with Crippen molar-refractivity contribution in [1.29, 1.82) is 0 Å². The summed E-state index contributed by atoms with van der Waals surface area (Å²) in [7, 11) is 0. The van der Waals surface area contributed by atoms with Gasteiger partial charge < -0.3 is 25.5 Å². The van der Waals surface area contributed by atoms with Crippen molar-refractivity contribution in [3.05, 3.63) is 107 Å². The SMILES string of the molecule is O=C1CCC/C=C\CO[C@@H]2C[C@H](NC[C@@H](O)[C@H](Cc3cc(F)cc(F)c3)N1)c1cc(-c3ccc4[nH]ccc4c3)ccc12. The molecule has 4 atom stereocenters. The number of β-amino-alcohol motifs (C(OH)–C–C–N with tert-alkyl or cyclic N) is 1. The molecule has 1 aliphatic carbocycles. The van der Waals surface area contributed by atoms with Crippen molar-refractivity contribution in [2.45, 2.75) is 56.4 Å². The first-order valence-electron chi connectivity index (χ1n) is 14.6. The molecule has 6 rings (SSSR count). The van der Waals surface area contributed by atoms with E-state index < -0.39 is 23.8 Å². The highest BCUT2D eigenvalue weighted by molar-refractivity contribution is 5.85. The first-order valence-corrected chi connectivity index (χ1v) is 14.6. The zero-order valence-electron chi connectivity index (χ0n) is 23.3. The highest BCUT2D eigenvalue weighted by Gasteiger charge is 2.33. The maximum atomic E-state index is 13.9. The number of ether oxygens (including phenoxy) is 1. The monoisotopic (exact) mass is 571 g/mol. The largest absolute Gasteiger partial charge is 0.390 e. The topological polar surface area (TPSA) is 86.4 Å². The number of aromatic nitrogens is 1. The van der Waals surface area contributed by atoms with Crippen molar-refractivity contribution in [1.82, 2.24) is 15.6 Å². The second-order valence-corrected chi connectivity index (χ2v) is 11.2. The molecule has 42 heavy (non-hydrogen) atoms. The van der Waals surface area contributed by atoms with Crippen LogP contribution in [0.5, 0.6) is 0 Å². The molecule has 0 fully saturated rings. The van der Waals surface area contributed by atoms with Gasteiger partial charge in [-0.05, 0) is 95.3 Å². The summed E-state index contributed by atoms with van der Waals surface area (Å²) in [5, 5.41) is 18.8. The van der Waals surface area contributed by atoms with Gasteiger partial charge in [0.1, 0.15) is 11.6 Å². The van der Waals surface area contributed by atoms with Gasteiger partial charge in [0.05, 0.1) is 24.9 Å². The Morgan fingerprint density at radius 1 is 0.929 bits per heavy atom. The molecule has 218 valence electrons. The van der Waals surface area contributed by atoms with Gasteiger partial charge in [0, 0.05) is 36.8 Å². The lowest BCUT2D eigenvalue weighted by Crippen LogP contribution is -2.49. The second kappa shape index (κ2) is 12.6. The minimum atomic E-state index is -0.990. The average molecular weight is 572 g/mol. The van der Waals surface area contributed by atoms with E-state index in [1.54, 1.807) is 0 Å². The Labute approximate surface area is 243 Å². The number of amides is 1. The summed E-state index contributed by atoms with van der Waals surface area (Å²) in [5.74, 6) is -1.59. The van der Waals surface area contributed by atoms with Gasteiger partial charge in [-0.3, -0.25) is 4.79 Å². The van der Waals surface area contributed by atoms with E-state index in [4.69, 9.17) is 4.74 Å². The van der Waals surface area contributed by atoms with Crippen LogP contribution in [0, 0.1) is 11.6 Å². The number of carbonyl (C=O) groups is 1. The highest BCUT2D eigenvalue weighted by atomic mass is 19.1. The average Bonchev–Trinajstić information content (AvgIpc) is 3.58. The number of allylic oxidation sites excluding steroid dienone is 1. The molecular weight excluding hydrogens is 536 g/mol. The van der Waals surface area contributed by atoms with Crippen molar-refractivity contribution in [2.24, 2.45) is 0 Å². The van der Waals surface area contributed by atoms with Gasteiger partial charge in [-0.15, -0.1) is 0 Å². The van der Waals surface area contributed by atoms with Crippen LogP contribution in [0.4, 0.5) is 8.78 Å². The van der Waals surface area contributed by atoms with Gasteiger partial charge in [0.2, 0.25) is 5.91 Å². The Hall–Kier alpha value is -3.85. The van der Waals surface area contributed by atoms with Crippen molar-refractivity contribution in [2.75, 3.05) is 13.2 Å². The molecule has 2 bridgehead atoms. The van der Waals surface area contributed by atoms with Crippen LogP contribution in [0.3, 0.4) is 0 Å². The molecule has 0 radical (unpaired) electrons. The number of hydrogen-bond acceptors (Lipinski definition) is 4. The van der Waals surface area contributed by atoms with E-state index in [1.165, 1.54) is 12.1 Å². The summed E-state index contributed by atoms with van der Waals surface area (Å²) in [6.07, 6.45) is 7.30. The van der Waals surface area contributed by atoms with Gasteiger partial charge in [-0.25, -0.2) is 8.78 Å². The van der Waals surface area contributed by atoms with Gasteiger partial charge in [0.25, 0.3) is 0 Å². The van der Waals surface area contributed by atoms with Crippen LogP contribution < -0.4 is 10.6 Å². The lowest BCUT2D eigenvalue weighted by atomic mass is 9.97. The summed E-state index contributed by atoms with van der Waals surface area (Å²) in [6, 6.07) is 17.3. The van der Waals surface area contributed by atoms with E-state index in [9.17, 15) is 18.7 Å². The first-order chi connectivity index (χ1) is 20.4. The van der Waals surface area contributed by atoms with Gasteiger partial charge in [0.15, 0.2) is 0 Å². The number of rotatable bonds is 3. The lowest BCUT2D eigenvalue weighted by Gasteiger charge is -2.26. The number of aliphatic hydroxyl groups is 1. The fourth-order valence-corrected chi connectivity index (χ4v) is 6.09. The Bertz CT molecular complexity index is 1580. The smallest absolute Gasteiger partial charge is 0.220 e. The summed E-state index contributed by atoms with van der Waals surface area (Å²) >= 11 is 0. The number of halogens is 2.